The minimum Gasteiger partial charge on any atom is -0.352 e. The van der Waals surface area contributed by atoms with Crippen LogP contribution in [0.2, 0.25) is 10.0 Å². The SMILES string of the molecule is CC[C@@H](C(=O)NC1CCCCC1)N(Cc1c(Cl)cccc1Cl)C(=O)CCc1ccc(C(C)(C)C)cc1. The highest BCUT2D eigenvalue weighted by atomic mass is 35.5. The molecule has 0 heterocycles. The van der Waals surface area contributed by atoms with Crippen LogP contribution in [0.3, 0.4) is 0 Å². The molecule has 196 valence electrons. The molecule has 0 spiro atoms. The largest absolute Gasteiger partial charge is 0.352 e. The molecule has 0 saturated heterocycles. The molecule has 36 heavy (non-hydrogen) atoms. The van der Waals surface area contributed by atoms with E-state index in [9.17, 15) is 9.59 Å². The maximum atomic E-state index is 13.6. The molecule has 6 heteroatoms. The van der Waals surface area contributed by atoms with Gasteiger partial charge >= 0.3 is 0 Å². The summed E-state index contributed by atoms with van der Waals surface area (Å²) in [7, 11) is 0. The summed E-state index contributed by atoms with van der Waals surface area (Å²) in [5.41, 5.74) is 3.12. The van der Waals surface area contributed by atoms with Gasteiger partial charge in [-0.05, 0) is 54.4 Å². The summed E-state index contributed by atoms with van der Waals surface area (Å²) in [5, 5.41) is 4.22. The normalized spacial score (nSPS) is 15.4. The van der Waals surface area contributed by atoms with E-state index in [2.05, 4.69) is 50.4 Å². The van der Waals surface area contributed by atoms with Crippen molar-refractivity contribution in [2.75, 3.05) is 0 Å². The van der Waals surface area contributed by atoms with Crippen molar-refractivity contribution in [3.63, 3.8) is 0 Å². The van der Waals surface area contributed by atoms with Gasteiger partial charge in [-0.15, -0.1) is 0 Å². The lowest BCUT2D eigenvalue weighted by atomic mass is 9.86. The first-order chi connectivity index (χ1) is 17.1. The van der Waals surface area contributed by atoms with Crippen LogP contribution in [0.25, 0.3) is 0 Å². The van der Waals surface area contributed by atoms with Crippen LogP contribution in [0.4, 0.5) is 0 Å². The lowest BCUT2D eigenvalue weighted by molar-refractivity contribution is -0.141. The minimum absolute atomic E-state index is 0.0727. The van der Waals surface area contributed by atoms with Crippen molar-refractivity contribution < 1.29 is 9.59 Å². The second-order valence-electron chi connectivity index (χ2n) is 10.9. The monoisotopic (exact) mass is 530 g/mol. The van der Waals surface area contributed by atoms with E-state index >= 15 is 0 Å². The number of carbonyl (C=O) groups is 2. The third-order valence-corrected chi connectivity index (χ3v) is 7.88. The number of nitrogens with zero attached hydrogens (tertiary/aromatic N) is 1. The summed E-state index contributed by atoms with van der Waals surface area (Å²) in [5.74, 6) is -0.160. The van der Waals surface area contributed by atoms with Gasteiger partial charge in [0, 0.05) is 34.6 Å². The molecule has 2 amide bonds. The van der Waals surface area contributed by atoms with Crippen molar-refractivity contribution in [3.8, 4) is 0 Å². The highest BCUT2D eigenvalue weighted by molar-refractivity contribution is 6.36. The molecule has 1 N–H and O–H groups in total. The van der Waals surface area contributed by atoms with Crippen LogP contribution in [0.1, 0.15) is 89.3 Å². The number of amides is 2. The molecule has 2 aromatic carbocycles. The molecule has 1 fully saturated rings. The Morgan fingerprint density at radius 2 is 1.61 bits per heavy atom. The number of carbonyl (C=O) groups excluding carboxylic acids is 2. The summed E-state index contributed by atoms with van der Waals surface area (Å²) in [6.07, 6.45) is 6.92. The zero-order valence-corrected chi connectivity index (χ0v) is 23.6. The fourth-order valence-corrected chi connectivity index (χ4v) is 5.40. The quantitative estimate of drug-likeness (QED) is 0.365. The molecular weight excluding hydrogens is 491 g/mol. The predicted molar refractivity (Wildman–Crippen MR) is 150 cm³/mol. The third-order valence-electron chi connectivity index (χ3n) is 7.18. The Morgan fingerprint density at radius 1 is 1.00 bits per heavy atom. The molecule has 4 nitrogen and oxygen atoms in total. The van der Waals surface area contributed by atoms with Gasteiger partial charge in [0.2, 0.25) is 11.8 Å². The molecule has 2 aromatic rings. The highest BCUT2D eigenvalue weighted by Gasteiger charge is 2.31. The van der Waals surface area contributed by atoms with Crippen LogP contribution in [-0.4, -0.2) is 28.8 Å². The first-order valence-corrected chi connectivity index (χ1v) is 14.0. The third kappa shape index (κ3) is 7.73. The van der Waals surface area contributed by atoms with E-state index in [1.165, 1.54) is 12.0 Å². The Hall–Kier alpha value is -2.04. The number of hydrogen-bond donors (Lipinski definition) is 1. The van der Waals surface area contributed by atoms with Crippen LogP contribution in [0.15, 0.2) is 42.5 Å². The van der Waals surface area contributed by atoms with Gasteiger partial charge in [-0.1, -0.05) is 100 Å². The van der Waals surface area contributed by atoms with Gasteiger partial charge < -0.3 is 10.2 Å². The molecule has 1 aliphatic rings. The molecule has 0 unspecified atom stereocenters. The van der Waals surface area contributed by atoms with Crippen molar-refractivity contribution in [2.24, 2.45) is 0 Å². The van der Waals surface area contributed by atoms with Crippen LogP contribution in [0, 0.1) is 0 Å². The van der Waals surface area contributed by atoms with Gasteiger partial charge in [-0.25, -0.2) is 0 Å². The van der Waals surface area contributed by atoms with E-state index in [4.69, 9.17) is 23.2 Å². The van der Waals surface area contributed by atoms with Crippen LogP contribution in [0.5, 0.6) is 0 Å². The van der Waals surface area contributed by atoms with Crippen LogP contribution in [-0.2, 0) is 28.0 Å². The molecule has 1 aliphatic carbocycles. The molecule has 1 saturated carbocycles. The molecule has 3 rings (SSSR count). The smallest absolute Gasteiger partial charge is 0.243 e. The molecule has 0 aromatic heterocycles. The fourth-order valence-electron chi connectivity index (χ4n) is 4.88. The van der Waals surface area contributed by atoms with Gasteiger partial charge in [-0.3, -0.25) is 9.59 Å². The topological polar surface area (TPSA) is 49.4 Å². The van der Waals surface area contributed by atoms with Crippen LogP contribution >= 0.6 is 23.2 Å². The fraction of sp³-hybridized carbons (Fsp3) is 0.533. The van der Waals surface area contributed by atoms with Gasteiger partial charge in [0.15, 0.2) is 0 Å². The number of nitrogens with one attached hydrogen (secondary N) is 1. The van der Waals surface area contributed by atoms with E-state index < -0.39 is 6.04 Å². The number of hydrogen-bond acceptors (Lipinski definition) is 2. The summed E-state index contributed by atoms with van der Waals surface area (Å²) < 4.78 is 0. The van der Waals surface area contributed by atoms with E-state index in [1.807, 2.05) is 6.92 Å². The minimum atomic E-state index is -0.574. The van der Waals surface area contributed by atoms with Gasteiger partial charge in [-0.2, -0.15) is 0 Å². The summed E-state index contributed by atoms with van der Waals surface area (Å²) >= 11 is 12.9. The first-order valence-electron chi connectivity index (χ1n) is 13.2. The zero-order chi connectivity index (χ0) is 26.3. The first kappa shape index (κ1) is 28.5. The second-order valence-corrected chi connectivity index (χ2v) is 11.8. The van der Waals surface area contributed by atoms with Crippen molar-refractivity contribution in [2.45, 2.75) is 103 Å². The van der Waals surface area contributed by atoms with Gasteiger partial charge in [0.1, 0.15) is 6.04 Å². The summed E-state index contributed by atoms with van der Waals surface area (Å²) in [4.78, 5) is 28.7. The van der Waals surface area contributed by atoms with Gasteiger partial charge in [0.25, 0.3) is 0 Å². The van der Waals surface area contributed by atoms with E-state index in [-0.39, 0.29) is 29.8 Å². The highest BCUT2D eigenvalue weighted by Crippen LogP contribution is 2.28. The Bertz CT molecular complexity index is 1000. The Labute approximate surface area is 226 Å². The Balaban J connectivity index is 1.79. The molecular formula is C30H40Cl2N2O2. The molecule has 0 bridgehead atoms. The van der Waals surface area contributed by atoms with Crippen molar-refractivity contribution in [3.05, 3.63) is 69.2 Å². The number of aryl methyl sites for hydroxylation is 1. The summed E-state index contributed by atoms with van der Waals surface area (Å²) in [6.45, 7) is 8.72. The van der Waals surface area contributed by atoms with E-state index in [0.717, 1.165) is 31.2 Å². The molecule has 0 aliphatic heterocycles. The number of rotatable bonds is 9. The molecule has 0 radical (unpaired) electrons. The maximum Gasteiger partial charge on any atom is 0.243 e. The van der Waals surface area contributed by atoms with E-state index in [0.29, 0.717) is 34.9 Å². The standard InChI is InChI=1S/C30H40Cl2N2O2/c1-5-27(29(36)33-23-10-7-6-8-11-23)34(20-24-25(31)12-9-13-26(24)32)28(35)19-16-21-14-17-22(18-15-21)30(2,3)4/h9,12-15,17-18,23,27H,5-8,10-11,16,19-20H2,1-4H3,(H,33,36)/t27-/m0/s1. The molecule has 1 atom stereocenters. The Kier molecular flexibility index (Phi) is 10.3. The maximum absolute atomic E-state index is 13.6. The van der Waals surface area contributed by atoms with E-state index in [1.54, 1.807) is 23.1 Å². The van der Waals surface area contributed by atoms with Crippen molar-refractivity contribution in [1.29, 1.82) is 0 Å². The lowest BCUT2D eigenvalue weighted by Gasteiger charge is -2.33. The number of benzene rings is 2. The van der Waals surface area contributed by atoms with Crippen molar-refractivity contribution in [1.82, 2.24) is 10.2 Å². The van der Waals surface area contributed by atoms with Crippen LogP contribution < -0.4 is 5.32 Å². The Morgan fingerprint density at radius 3 is 2.17 bits per heavy atom. The average molecular weight is 532 g/mol. The predicted octanol–water partition coefficient (Wildman–Crippen LogP) is 7.48. The zero-order valence-electron chi connectivity index (χ0n) is 22.1. The summed E-state index contributed by atoms with van der Waals surface area (Å²) in [6, 6.07) is 13.4. The number of halogens is 2. The average Bonchev–Trinajstić information content (AvgIpc) is 2.84. The lowest BCUT2D eigenvalue weighted by Crippen LogP contribution is -2.51. The second kappa shape index (κ2) is 13.0. The van der Waals surface area contributed by atoms with Crippen molar-refractivity contribution >= 4 is 35.0 Å². The van der Waals surface area contributed by atoms with Gasteiger partial charge in [0.05, 0.1) is 0 Å².